The summed E-state index contributed by atoms with van der Waals surface area (Å²) in [5.74, 6) is -1.43. The number of carbonyl (C=O) groups is 1. The average molecular weight is 311 g/mol. The molecule has 0 heterocycles. The Bertz CT molecular complexity index is 677. The number of carbonyl (C=O) groups excluding carboxylic acids is 1. The van der Waals surface area contributed by atoms with Gasteiger partial charge in [0, 0.05) is 10.7 Å². The SMILES string of the molecule is Cc1ccc(F)cc1NCC(=O)Nc1cc(Cl)ccc1F. The molecule has 0 bridgehead atoms. The Morgan fingerprint density at radius 3 is 2.67 bits per heavy atom. The summed E-state index contributed by atoms with van der Waals surface area (Å²) in [7, 11) is 0. The molecule has 0 aliphatic heterocycles. The van der Waals surface area contributed by atoms with Crippen molar-refractivity contribution in [2.24, 2.45) is 0 Å². The molecule has 0 atom stereocenters. The van der Waals surface area contributed by atoms with Crippen molar-refractivity contribution in [3.8, 4) is 0 Å². The maximum absolute atomic E-state index is 13.5. The zero-order valence-corrected chi connectivity index (χ0v) is 12.0. The minimum absolute atomic E-state index is 0.00487. The van der Waals surface area contributed by atoms with Gasteiger partial charge < -0.3 is 10.6 Å². The minimum atomic E-state index is -0.574. The van der Waals surface area contributed by atoms with Crippen LogP contribution in [0, 0.1) is 18.6 Å². The quantitative estimate of drug-likeness (QED) is 0.897. The normalized spacial score (nSPS) is 10.3. The first kappa shape index (κ1) is 15.3. The third kappa shape index (κ3) is 4.16. The van der Waals surface area contributed by atoms with Gasteiger partial charge in [0.2, 0.25) is 5.91 Å². The van der Waals surface area contributed by atoms with E-state index in [0.29, 0.717) is 10.7 Å². The molecule has 0 aromatic heterocycles. The van der Waals surface area contributed by atoms with Gasteiger partial charge in [0.05, 0.1) is 12.2 Å². The number of halogens is 3. The van der Waals surface area contributed by atoms with E-state index in [9.17, 15) is 13.6 Å². The Hall–Kier alpha value is -2.14. The summed E-state index contributed by atoms with van der Waals surface area (Å²) in [4.78, 5) is 11.8. The summed E-state index contributed by atoms with van der Waals surface area (Å²) >= 11 is 5.74. The van der Waals surface area contributed by atoms with Gasteiger partial charge in [-0.2, -0.15) is 0 Å². The lowest BCUT2D eigenvalue weighted by atomic mass is 10.2. The van der Waals surface area contributed by atoms with Crippen molar-refractivity contribution >= 4 is 28.9 Å². The number of amides is 1. The molecule has 21 heavy (non-hydrogen) atoms. The molecule has 1 amide bonds. The van der Waals surface area contributed by atoms with E-state index in [4.69, 9.17) is 11.6 Å². The van der Waals surface area contributed by atoms with E-state index in [1.54, 1.807) is 13.0 Å². The smallest absolute Gasteiger partial charge is 0.243 e. The lowest BCUT2D eigenvalue weighted by Gasteiger charge is -2.10. The molecule has 2 rings (SSSR count). The number of hydrogen-bond acceptors (Lipinski definition) is 2. The highest BCUT2D eigenvalue weighted by molar-refractivity contribution is 6.30. The maximum Gasteiger partial charge on any atom is 0.243 e. The number of rotatable bonds is 4. The van der Waals surface area contributed by atoms with Crippen molar-refractivity contribution in [2.45, 2.75) is 6.92 Å². The molecule has 0 fully saturated rings. The molecule has 2 aromatic rings. The topological polar surface area (TPSA) is 41.1 Å². The number of benzene rings is 2. The van der Waals surface area contributed by atoms with Crippen molar-refractivity contribution in [2.75, 3.05) is 17.2 Å². The van der Waals surface area contributed by atoms with Crippen molar-refractivity contribution in [1.29, 1.82) is 0 Å². The van der Waals surface area contributed by atoms with Crippen LogP contribution >= 0.6 is 11.6 Å². The van der Waals surface area contributed by atoms with E-state index in [1.165, 1.54) is 30.3 Å². The number of hydrogen-bond donors (Lipinski definition) is 2. The van der Waals surface area contributed by atoms with Crippen LogP contribution < -0.4 is 10.6 Å². The summed E-state index contributed by atoms with van der Waals surface area (Å²) in [6, 6.07) is 8.11. The minimum Gasteiger partial charge on any atom is -0.376 e. The first-order valence-electron chi connectivity index (χ1n) is 6.20. The van der Waals surface area contributed by atoms with E-state index >= 15 is 0 Å². The van der Waals surface area contributed by atoms with Crippen LogP contribution in [0.1, 0.15) is 5.56 Å². The van der Waals surface area contributed by atoms with Crippen LogP contribution in [-0.2, 0) is 4.79 Å². The molecule has 0 spiro atoms. The second-order valence-corrected chi connectivity index (χ2v) is 4.92. The van der Waals surface area contributed by atoms with Crippen LogP contribution in [0.25, 0.3) is 0 Å². The molecule has 3 nitrogen and oxygen atoms in total. The molecule has 6 heteroatoms. The standard InChI is InChI=1S/C15H13ClF2N2O/c1-9-2-4-11(17)7-13(9)19-8-15(21)20-14-6-10(16)3-5-12(14)18/h2-7,19H,8H2,1H3,(H,20,21). The van der Waals surface area contributed by atoms with Gasteiger partial charge in [-0.1, -0.05) is 17.7 Å². The highest BCUT2D eigenvalue weighted by Gasteiger charge is 2.08. The Labute approximate surface area is 125 Å². The second-order valence-electron chi connectivity index (χ2n) is 4.49. The largest absolute Gasteiger partial charge is 0.376 e. The monoisotopic (exact) mass is 310 g/mol. The molecular weight excluding hydrogens is 298 g/mol. The van der Waals surface area contributed by atoms with Gasteiger partial charge >= 0.3 is 0 Å². The zero-order chi connectivity index (χ0) is 15.4. The first-order chi connectivity index (χ1) is 9.95. The fourth-order valence-electron chi connectivity index (χ4n) is 1.75. The van der Waals surface area contributed by atoms with Gasteiger partial charge in [-0.15, -0.1) is 0 Å². The summed E-state index contributed by atoms with van der Waals surface area (Å²) in [5.41, 5.74) is 1.32. The molecule has 2 aromatic carbocycles. The van der Waals surface area contributed by atoms with Crippen LogP contribution in [0.15, 0.2) is 36.4 Å². The highest BCUT2D eigenvalue weighted by atomic mass is 35.5. The number of nitrogens with one attached hydrogen (secondary N) is 2. The van der Waals surface area contributed by atoms with Gasteiger partial charge in [-0.05, 0) is 42.8 Å². The fourth-order valence-corrected chi connectivity index (χ4v) is 1.92. The molecular formula is C15H13ClF2N2O. The van der Waals surface area contributed by atoms with E-state index in [2.05, 4.69) is 10.6 Å². The summed E-state index contributed by atoms with van der Waals surface area (Å²) in [6.07, 6.45) is 0. The zero-order valence-electron chi connectivity index (χ0n) is 11.2. The van der Waals surface area contributed by atoms with Crippen LogP contribution in [-0.4, -0.2) is 12.5 Å². The fraction of sp³-hybridized carbons (Fsp3) is 0.133. The summed E-state index contributed by atoms with van der Waals surface area (Å²) < 4.78 is 26.6. The third-order valence-electron chi connectivity index (χ3n) is 2.84. The van der Waals surface area contributed by atoms with Gasteiger partial charge in [-0.25, -0.2) is 8.78 Å². The third-order valence-corrected chi connectivity index (χ3v) is 3.08. The summed E-state index contributed by atoms with van der Waals surface area (Å²) in [5, 5.41) is 5.52. The van der Waals surface area contributed by atoms with Crippen LogP contribution in [0.2, 0.25) is 5.02 Å². The maximum atomic E-state index is 13.5. The van der Waals surface area contributed by atoms with E-state index in [0.717, 1.165) is 5.56 Å². The average Bonchev–Trinajstić information content (AvgIpc) is 2.44. The molecule has 0 radical (unpaired) electrons. The van der Waals surface area contributed by atoms with E-state index in [1.807, 2.05) is 0 Å². The lowest BCUT2D eigenvalue weighted by Crippen LogP contribution is -2.22. The Morgan fingerprint density at radius 1 is 1.14 bits per heavy atom. The summed E-state index contributed by atoms with van der Waals surface area (Å²) in [6.45, 7) is 1.67. The second kappa shape index (κ2) is 6.54. The van der Waals surface area contributed by atoms with Gasteiger partial charge in [0.25, 0.3) is 0 Å². The predicted molar refractivity (Wildman–Crippen MR) is 79.7 cm³/mol. The molecule has 0 unspecified atom stereocenters. The predicted octanol–water partition coefficient (Wildman–Crippen LogP) is 3.98. The van der Waals surface area contributed by atoms with Crippen LogP contribution in [0.3, 0.4) is 0 Å². The molecule has 0 saturated heterocycles. The molecule has 0 aliphatic rings. The van der Waals surface area contributed by atoms with Crippen molar-refractivity contribution in [3.63, 3.8) is 0 Å². The molecule has 0 saturated carbocycles. The van der Waals surface area contributed by atoms with E-state index < -0.39 is 17.5 Å². The van der Waals surface area contributed by atoms with Gasteiger partial charge in [0.15, 0.2) is 0 Å². The van der Waals surface area contributed by atoms with Crippen LogP contribution in [0.4, 0.5) is 20.2 Å². The van der Waals surface area contributed by atoms with Crippen molar-refractivity contribution in [1.82, 2.24) is 0 Å². The first-order valence-corrected chi connectivity index (χ1v) is 6.58. The Balaban J connectivity index is 1.99. The van der Waals surface area contributed by atoms with E-state index in [-0.39, 0.29) is 12.2 Å². The van der Waals surface area contributed by atoms with Crippen molar-refractivity contribution in [3.05, 3.63) is 58.6 Å². The van der Waals surface area contributed by atoms with Gasteiger partial charge in [0.1, 0.15) is 11.6 Å². The lowest BCUT2D eigenvalue weighted by molar-refractivity contribution is -0.114. The Morgan fingerprint density at radius 2 is 1.90 bits per heavy atom. The van der Waals surface area contributed by atoms with Gasteiger partial charge in [-0.3, -0.25) is 4.79 Å². The number of aryl methyl sites for hydroxylation is 1. The molecule has 110 valence electrons. The Kier molecular flexibility index (Phi) is 4.75. The highest BCUT2D eigenvalue weighted by Crippen LogP contribution is 2.20. The van der Waals surface area contributed by atoms with Crippen LogP contribution in [0.5, 0.6) is 0 Å². The van der Waals surface area contributed by atoms with Crippen molar-refractivity contribution < 1.29 is 13.6 Å². The molecule has 2 N–H and O–H groups in total. The number of anilines is 2. The molecule has 0 aliphatic carbocycles.